The van der Waals surface area contributed by atoms with E-state index in [2.05, 4.69) is 32.2 Å². The minimum atomic E-state index is -0.508. The number of amides is 1. The number of nitrogens with one attached hydrogen (secondary N) is 2. The maximum Gasteiger partial charge on any atom is 0.407 e. The second-order valence-electron chi connectivity index (χ2n) is 7.93. The van der Waals surface area contributed by atoms with E-state index in [1.54, 1.807) is 17.5 Å². The van der Waals surface area contributed by atoms with Gasteiger partial charge in [0.25, 0.3) is 0 Å². The fraction of sp³-hybridized carbons (Fsp3) is 0.500. The van der Waals surface area contributed by atoms with E-state index in [1.807, 2.05) is 39.0 Å². The number of thiazole rings is 1. The van der Waals surface area contributed by atoms with Crippen molar-refractivity contribution < 1.29 is 9.53 Å². The number of anilines is 3. The molecule has 0 saturated carbocycles. The third kappa shape index (κ3) is 6.15. The molecular weight excluding hydrogens is 388 g/mol. The largest absolute Gasteiger partial charge is 0.444 e. The molecule has 1 amide bonds. The molecule has 29 heavy (non-hydrogen) atoms. The van der Waals surface area contributed by atoms with Gasteiger partial charge < -0.3 is 20.3 Å². The highest BCUT2D eigenvalue weighted by molar-refractivity contribution is 7.19. The van der Waals surface area contributed by atoms with Crippen LogP contribution in [0.3, 0.4) is 0 Å². The zero-order valence-electron chi connectivity index (χ0n) is 17.1. The zero-order chi connectivity index (χ0) is 20.9. The summed E-state index contributed by atoms with van der Waals surface area (Å²) >= 11 is 1.56. The molecule has 1 aliphatic heterocycles. The fourth-order valence-electron chi connectivity index (χ4n) is 3.08. The Bertz CT molecular complexity index is 833. The first kappa shape index (κ1) is 21.0. The highest BCUT2D eigenvalue weighted by Crippen LogP contribution is 2.34. The van der Waals surface area contributed by atoms with Gasteiger partial charge in [0.2, 0.25) is 0 Å². The molecule has 2 N–H and O–H groups in total. The average Bonchev–Trinajstić information content (AvgIpc) is 3.04. The van der Waals surface area contributed by atoms with E-state index in [0.29, 0.717) is 13.1 Å². The Morgan fingerprint density at radius 2 is 2.28 bits per heavy atom. The van der Waals surface area contributed by atoms with Crippen molar-refractivity contribution >= 4 is 40.1 Å². The molecule has 3 rings (SSSR count). The Balaban J connectivity index is 1.69. The number of carbonyl (C=O) groups is 1. The van der Waals surface area contributed by atoms with Crippen molar-refractivity contribution in [2.24, 2.45) is 4.99 Å². The van der Waals surface area contributed by atoms with Crippen LogP contribution in [0, 0.1) is 0 Å². The molecule has 9 heteroatoms. The molecule has 1 atom stereocenters. The van der Waals surface area contributed by atoms with E-state index in [0.717, 1.165) is 41.0 Å². The van der Waals surface area contributed by atoms with E-state index in [9.17, 15) is 4.79 Å². The molecule has 1 unspecified atom stereocenters. The molecule has 1 saturated heterocycles. The number of pyridine rings is 1. The summed E-state index contributed by atoms with van der Waals surface area (Å²) in [7, 11) is 0. The predicted octanol–water partition coefficient (Wildman–Crippen LogP) is 3.98. The van der Waals surface area contributed by atoms with Gasteiger partial charge in [0, 0.05) is 25.3 Å². The summed E-state index contributed by atoms with van der Waals surface area (Å²) < 4.78 is 5.39. The Morgan fingerprint density at radius 3 is 2.97 bits per heavy atom. The smallest absolute Gasteiger partial charge is 0.407 e. The van der Waals surface area contributed by atoms with E-state index < -0.39 is 5.60 Å². The van der Waals surface area contributed by atoms with Crippen molar-refractivity contribution in [2.75, 3.05) is 23.3 Å². The number of ether oxygens (including phenoxy) is 1. The van der Waals surface area contributed by atoms with Crippen molar-refractivity contribution in [3.05, 3.63) is 30.1 Å². The van der Waals surface area contributed by atoms with Crippen molar-refractivity contribution in [3.63, 3.8) is 0 Å². The number of hydrogen-bond donors (Lipinski definition) is 2. The van der Waals surface area contributed by atoms with Crippen LogP contribution in [0.1, 0.15) is 39.3 Å². The van der Waals surface area contributed by atoms with Crippen LogP contribution in [0.5, 0.6) is 0 Å². The highest BCUT2D eigenvalue weighted by Gasteiger charge is 2.26. The Kier molecular flexibility index (Phi) is 6.68. The standard InChI is InChI=1S/C20H28N6O2S/c1-20(2,3)28-19(27)23-14-8-7-11-26(13-14)18-24-15(12-21-4)17(29-18)25-16-9-5-6-10-22-16/h5-6,9-10,14H,4,7-8,11-13H2,1-3H3,(H,22,25)(H,23,27). The third-order valence-corrected chi connectivity index (χ3v) is 5.34. The topological polar surface area (TPSA) is 91.7 Å². The molecule has 156 valence electrons. The molecule has 8 nitrogen and oxygen atoms in total. The van der Waals surface area contributed by atoms with Crippen LogP contribution >= 0.6 is 11.3 Å². The lowest BCUT2D eigenvalue weighted by Gasteiger charge is -2.33. The minimum Gasteiger partial charge on any atom is -0.444 e. The first-order valence-electron chi connectivity index (χ1n) is 9.69. The lowest BCUT2D eigenvalue weighted by atomic mass is 10.1. The Hall–Kier alpha value is -2.68. The summed E-state index contributed by atoms with van der Waals surface area (Å²) in [5.41, 5.74) is 0.333. The van der Waals surface area contributed by atoms with E-state index in [4.69, 9.17) is 9.72 Å². The number of carbonyl (C=O) groups excluding carboxylic acids is 1. The second kappa shape index (κ2) is 9.21. The number of aromatic nitrogens is 2. The van der Waals surface area contributed by atoms with Gasteiger partial charge in [-0.3, -0.25) is 4.99 Å². The second-order valence-corrected chi connectivity index (χ2v) is 8.90. The Labute approximate surface area is 175 Å². The summed E-state index contributed by atoms with van der Waals surface area (Å²) in [5, 5.41) is 8.12. The van der Waals surface area contributed by atoms with Gasteiger partial charge in [-0.1, -0.05) is 17.4 Å². The summed E-state index contributed by atoms with van der Waals surface area (Å²) in [6, 6.07) is 5.74. The predicted molar refractivity (Wildman–Crippen MR) is 117 cm³/mol. The molecule has 3 heterocycles. The molecule has 0 radical (unpaired) electrons. The molecule has 0 aliphatic carbocycles. The fourth-order valence-corrected chi connectivity index (χ4v) is 4.10. The monoisotopic (exact) mass is 416 g/mol. The summed E-state index contributed by atoms with van der Waals surface area (Å²) in [6.07, 6.45) is 3.25. The third-order valence-electron chi connectivity index (χ3n) is 4.27. The van der Waals surface area contributed by atoms with Gasteiger partial charge in [0.05, 0.1) is 12.2 Å². The SMILES string of the molecule is C=NCc1nc(N2CCCC(NC(=O)OC(C)(C)C)C2)sc1Nc1ccccn1. The highest BCUT2D eigenvalue weighted by atomic mass is 32.1. The van der Waals surface area contributed by atoms with Gasteiger partial charge in [-0.05, 0) is 52.5 Å². The normalized spacial score (nSPS) is 16.9. The summed E-state index contributed by atoms with van der Waals surface area (Å²) in [6.45, 7) is 11.2. The average molecular weight is 417 g/mol. The van der Waals surface area contributed by atoms with Gasteiger partial charge in [-0.15, -0.1) is 0 Å². The number of aliphatic imine (C=N–C) groups is 1. The number of piperidine rings is 1. The number of rotatable bonds is 6. The lowest BCUT2D eigenvalue weighted by Crippen LogP contribution is -2.49. The molecule has 1 aliphatic rings. The van der Waals surface area contributed by atoms with Crippen LogP contribution in [0.25, 0.3) is 0 Å². The summed E-state index contributed by atoms with van der Waals surface area (Å²) in [5.74, 6) is 0.760. The van der Waals surface area contributed by atoms with Crippen molar-refractivity contribution in [3.8, 4) is 0 Å². The quantitative estimate of drug-likeness (QED) is 0.692. The lowest BCUT2D eigenvalue weighted by molar-refractivity contribution is 0.0500. The minimum absolute atomic E-state index is 0.0238. The van der Waals surface area contributed by atoms with Gasteiger partial charge in [-0.25, -0.2) is 14.8 Å². The maximum atomic E-state index is 12.1. The van der Waals surface area contributed by atoms with E-state index in [-0.39, 0.29) is 12.1 Å². The molecule has 1 fully saturated rings. The Morgan fingerprint density at radius 1 is 1.45 bits per heavy atom. The van der Waals surface area contributed by atoms with Crippen molar-refractivity contribution in [2.45, 2.75) is 51.8 Å². The number of hydrogen-bond acceptors (Lipinski definition) is 8. The molecule has 2 aromatic rings. The van der Waals surface area contributed by atoms with Crippen LogP contribution < -0.4 is 15.5 Å². The van der Waals surface area contributed by atoms with Gasteiger partial charge in [0.1, 0.15) is 16.4 Å². The first-order chi connectivity index (χ1) is 13.8. The molecule has 0 bridgehead atoms. The van der Waals surface area contributed by atoms with Crippen molar-refractivity contribution in [1.82, 2.24) is 15.3 Å². The van der Waals surface area contributed by atoms with Crippen LogP contribution in [-0.2, 0) is 11.3 Å². The van der Waals surface area contributed by atoms with Gasteiger partial charge in [-0.2, -0.15) is 0 Å². The van der Waals surface area contributed by atoms with Crippen molar-refractivity contribution in [1.29, 1.82) is 0 Å². The number of nitrogens with zero attached hydrogens (tertiary/aromatic N) is 4. The molecule has 2 aromatic heterocycles. The maximum absolute atomic E-state index is 12.1. The van der Waals surface area contributed by atoms with Gasteiger partial charge >= 0.3 is 6.09 Å². The van der Waals surface area contributed by atoms with Crippen LogP contribution in [-0.4, -0.2) is 47.5 Å². The zero-order valence-corrected chi connectivity index (χ0v) is 18.0. The first-order valence-corrected chi connectivity index (χ1v) is 10.5. The number of alkyl carbamates (subject to hydrolysis) is 1. The summed E-state index contributed by atoms with van der Waals surface area (Å²) in [4.78, 5) is 27.4. The van der Waals surface area contributed by atoms with Crippen LogP contribution in [0.15, 0.2) is 29.4 Å². The van der Waals surface area contributed by atoms with Crippen LogP contribution in [0.2, 0.25) is 0 Å². The van der Waals surface area contributed by atoms with Gasteiger partial charge in [0.15, 0.2) is 5.13 Å². The van der Waals surface area contributed by atoms with Crippen LogP contribution in [0.4, 0.5) is 20.7 Å². The van der Waals surface area contributed by atoms with E-state index >= 15 is 0 Å². The molecular formula is C20H28N6O2S. The molecule has 0 spiro atoms. The molecule has 0 aromatic carbocycles. The van der Waals surface area contributed by atoms with E-state index in [1.165, 1.54) is 0 Å².